The van der Waals surface area contributed by atoms with Gasteiger partial charge in [0.15, 0.2) is 4.96 Å². The summed E-state index contributed by atoms with van der Waals surface area (Å²) in [6.45, 7) is 0. The molecule has 4 rings (SSSR count). The van der Waals surface area contributed by atoms with Crippen molar-refractivity contribution in [2.45, 2.75) is 0 Å². The summed E-state index contributed by atoms with van der Waals surface area (Å²) in [5.74, 6) is -0.601. The minimum atomic E-state index is -0.601. The zero-order valence-corrected chi connectivity index (χ0v) is 16.0. The summed E-state index contributed by atoms with van der Waals surface area (Å²) in [6.07, 6.45) is 1.27. The van der Waals surface area contributed by atoms with Gasteiger partial charge in [0.05, 0.1) is 21.4 Å². The standard InChI is InChI=1S/C19H11Cl2N3O2S/c20-13-7-4-8-14(16(13)21)23-17(25)12-9-22-19-24(18(12)26)15(10-27-19)11-5-2-1-3-6-11/h1-10H,(H,23,25). The zero-order valence-electron chi connectivity index (χ0n) is 13.6. The van der Waals surface area contributed by atoms with E-state index in [4.69, 9.17) is 23.2 Å². The number of thiazole rings is 1. The molecule has 0 aliphatic heterocycles. The summed E-state index contributed by atoms with van der Waals surface area (Å²) in [5.41, 5.74) is 1.34. The second-order valence-corrected chi connectivity index (χ2v) is 7.26. The van der Waals surface area contributed by atoms with E-state index in [-0.39, 0.29) is 10.6 Å². The molecule has 2 aromatic carbocycles. The van der Waals surface area contributed by atoms with Gasteiger partial charge in [-0.15, -0.1) is 11.3 Å². The van der Waals surface area contributed by atoms with Crippen molar-refractivity contribution in [3.8, 4) is 11.3 Å². The Hall–Kier alpha value is -2.67. The molecule has 5 nitrogen and oxygen atoms in total. The molecule has 1 amide bonds. The Bertz CT molecular complexity index is 1220. The van der Waals surface area contributed by atoms with E-state index in [1.54, 1.807) is 18.2 Å². The van der Waals surface area contributed by atoms with Gasteiger partial charge in [-0.2, -0.15) is 0 Å². The zero-order chi connectivity index (χ0) is 19.0. The lowest BCUT2D eigenvalue weighted by atomic mass is 10.2. The summed E-state index contributed by atoms with van der Waals surface area (Å²) >= 11 is 13.4. The molecule has 2 aromatic heterocycles. The summed E-state index contributed by atoms with van der Waals surface area (Å²) in [4.78, 5) is 30.4. The lowest BCUT2D eigenvalue weighted by molar-refractivity contribution is 0.102. The maximum Gasteiger partial charge on any atom is 0.271 e. The number of hydrogen-bond donors (Lipinski definition) is 1. The van der Waals surface area contributed by atoms with E-state index >= 15 is 0 Å². The topological polar surface area (TPSA) is 63.5 Å². The number of rotatable bonds is 3. The van der Waals surface area contributed by atoms with Crippen molar-refractivity contribution in [2.24, 2.45) is 0 Å². The first-order chi connectivity index (χ1) is 13.1. The molecule has 0 unspecified atom stereocenters. The minimum absolute atomic E-state index is 0.0841. The molecule has 0 aliphatic carbocycles. The summed E-state index contributed by atoms with van der Waals surface area (Å²) in [7, 11) is 0. The second-order valence-electron chi connectivity index (χ2n) is 5.64. The predicted octanol–water partition coefficient (Wildman–Crippen LogP) is 4.98. The molecule has 0 bridgehead atoms. The molecule has 0 radical (unpaired) electrons. The number of aromatic nitrogens is 2. The number of benzene rings is 2. The van der Waals surface area contributed by atoms with Crippen LogP contribution in [0.4, 0.5) is 5.69 Å². The lowest BCUT2D eigenvalue weighted by Gasteiger charge is -2.08. The first-order valence-corrected chi connectivity index (χ1v) is 9.50. The van der Waals surface area contributed by atoms with Gasteiger partial charge < -0.3 is 5.32 Å². The quantitative estimate of drug-likeness (QED) is 0.512. The molecule has 2 heterocycles. The highest BCUT2D eigenvalue weighted by atomic mass is 35.5. The van der Waals surface area contributed by atoms with Gasteiger partial charge in [-0.1, -0.05) is 59.6 Å². The van der Waals surface area contributed by atoms with Crippen molar-refractivity contribution in [1.82, 2.24) is 9.38 Å². The van der Waals surface area contributed by atoms with Crippen LogP contribution in [0.25, 0.3) is 16.2 Å². The van der Waals surface area contributed by atoms with Gasteiger partial charge in [0.1, 0.15) is 5.56 Å². The van der Waals surface area contributed by atoms with Crippen LogP contribution < -0.4 is 10.9 Å². The summed E-state index contributed by atoms with van der Waals surface area (Å²) in [6, 6.07) is 14.3. The van der Waals surface area contributed by atoms with Gasteiger partial charge >= 0.3 is 0 Å². The highest BCUT2D eigenvalue weighted by Crippen LogP contribution is 2.30. The van der Waals surface area contributed by atoms with Crippen LogP contribution in [0.5, 0.6) is 0 Å². The molecule has 134 valence electrons. The average molecular weight is 416 g/mol. The van der Waals surface area contributed by atoms with Crippen molar-refractivity contribution >= 4 is 51.1 Å². The lowest BCUT2D eigenvalue weighted by Crippen LogP contribution is -2.26. The van der Waals surface area contributed by atoms with E-state index in [0.29, 0.717) is 21.4 Å². The van der Waals surface area contributed by atoms with Crippen LogP contribution in [0.15, 0.2) is 64.9 Å². The fourth-order valence-corrected chi connectivity index (χ4v) is 3.86. The number of fused-ring (bicyclic) bond motifs is 1. The number of hydrogen-bond acceptors (Lipinski definition) is 4. The van der Waals surface area contributed by atoms with Crippen LogP contribution in [-0.2, 0) is 0 Å². The largest absolute Gasteiger partial charge is 0.320 e. The normalized spacial score (nSPS) is 10.9. The fourth-order valence-electron chi connectivity index (χ4n) is 2.65. The highest BCUT2D eigenvalue weighted by Gasteiger charge is 2.18. The van der Waals surface area contributed by atoms with E-state index in [2.05, 4.69) is 10.3 Å². The number of amides is 1. The van der Waals surface area contributed by atoms with E-state index in [9.17, 15) is 9.59 Å². The number of halogens is 2. The molecular weight excluding hydrogens is 405 g/mol. The number of anilines is 1. The second kappa shape index (κ2) is 7.15. The van der Waals surface area contributed by atoms with E-state index in [1.165, 1.54) is 21.9 Å². The van der Waals surface area contributed by atoms with Crippen molar-refractivity contribution < 1.29 is 4.79 Å². The third-order valence-corrected chi connectivity index (χ3v) is 5.62. The molecule has 0 saturated heterocycles. The molecule has 0 spiro atoms. The van der Waals surface area contributed by atoms with Gasteiger partial charge in [-0.25, -0.2) is 4.98 Å². The van der Waals surface area contributed by atoms with Gasteiger partial charge in [-0.05, 0) is 17.7 Å². The predicted molar refractivity (Wildman–Crippen MR) is 109 cm³/mol. The first-order valence-electron chi connectivity index (χ1n) is 7.86. The third-order valence-electron chi connectivity index (χ3n) is 3.96. The molecule has 4 aromatic rings. The van der Waals surface area contributed by atoms with Crippen LogP contribution >= 0.6 is 34.5 Å². The Morgan fingerprint density at radius 1 is 1.07 bits per heavy atom. The Kier molecular flexibility index (Phi) is 4.70. The van der Waals surface area contributed by atoms with Crippen LogP contribution in [0.3, 0.4) is 0 Å². The Morgan fingerprint density at radius 2 is 1.85 bits per heavy atom. The molecule has 27 heavy (non-hydrogen) atoms. The number of nitrogens with one attached hydrogen (secondary N) is 1. The molecule has 0 aliphatic rings. The molecule has 0 saturated carbocycles. The Labute approximate surface area is 167 Å². The molecule has 8 heteroatoms. The third kappa shape index (κ3) is 3.23. The highest BCUT2D eigenvalue weighted by molar-refractivity contribution is 7.15. The smallest absolute Gasteiger partial charge is 0.271 e. The molecular formula is C19H11Cl2N3O2S. The van der Waals surface area contributed by atoms with Gasteiger partial charge in [0.2, 0.25) is 0 Å². The fraction of sp³-hybridized carbons (Fsp3) is 0. The first kappa shape index (κ1) is 17.7. The number of carbonyl (C=O) groups excluding carboxylic acids is 1. The Balaban J connectivity index is 1.79. The van der Waals surface area contributed by atoms with Crippen molar-refractivity contribution in [1.29, 1.82) is 0 Å². The van der Waals surface area contributed by atoms with Gasteiger partial charge in [0, 0.05) is 11.6 Å². The molecule has 1 N–H and O–H groups in total. The minimum Gasteiger partial charge on any atom is -0.320 e. The van der Waals surface area contributed by atoms with Crippen molar-refractivity contribution in [3.05, 3.63) is 86.1 Å². The van der Waals surface area contributed by atoms with Gasteiger partial charge in [0.25, 0.3) is 11.5 Å². The Morgan fingerprint density at radius 3 is 2.63 bits per heavy atom. The van der Waals surface area contributed by atoms with E-state index in [0.717, 1.165) is 5.56 Å². The summed E-state index contributed by atoms with van der Waals surface area (Å²) < 4.78 is 1.44. The van der Waals surface area contributed by atoms with Crippen LogP contribution in [-0.4, -0.2) is 15.3 Å². The number of carbonyl (C=O) groups is 1. The van der Waals surface area contributed by atoms with Crippen LogP contribution in [0.1, 0.15) is 10.4 Å². The van der Waals surface area contributed by atoms with Crippen LogP contribution in [0, 0.1) is 0 Å². The average Bonchev–Trinajstić information content (AvgIpc) is 3.11. The van der Waals surface area contributed by atoms with Gasteiger partial charge in [-0.3, -0.25) is 14.0 Å². The summed E-state index contributed by atoms with van der Waals surface area (Å²) in [5, 5.41) is 4.98. The monoisotopic (exact) mass is 415 g/mol. The SMILES string of the molecule is O=C(Nc1cccc(Cl)c1Cl)c1cnc2scc(-c3ccccc3)n2c1=O. The maximum atomic E-state index is 13.0. The van der Waals surface area contributed by atoms with Crippen LogP contribution in [0.2, 0.25) is 10.0 Å². The number of nitrogens with zero attached hydrogens (tertiary/aromatic N) is 2. The molecule has 0 fully saturated rings. The van der Waals surface area contributed by atoms with E-state index < -0.39 is 11.5 Å². The van der Waals surface area contributed by atoms with E-state index in [1.807, 2.05) is 35.7 Å². The van der Waals surface area contributed by atoms with Crippen molar-refractivity contribution in [2.75, 3.05) is 5.32 Å². The molecule has 0 atom stereocenters. The van der Waals surface area contributed by atoms with Crippen molar-refractivity contribution in [3.63, 3.8) is 0 Å². The maximum absolute atomic E-state index is 13.0.